The van der Waals surface area contributed by atoms with Crippen LogP contribution in [0.15, 0.2) is 36.7 Å². The molecule has 1 heterocycles. The van der Waals surface area contributed by atoms with E-state index >= 15 is 0 Å². The summed E-state index contributed by atoms with van der Waals surface area (Å²) in [6.45, 7) is 1.61. The van der Waals surface area contributed by atoms with E-state index in [2.05, 4.69) is 27.5 Å². The first-order chi connectivity index (χ1) is 8.42. The minimum absolute atomic E-state index is 0.705. The molecule has 0 unspecified atom stereocenters. The van der Waals surface area contributed by atoms with Crippen molar-refractivity contribution in [1.29, 1.82) is 0 Å². The molecule has 17 heavy (non-hydrogen) atoms. The van der Waals surface area contributed by atoms with Crippen molar-refractivity contribution in [3.05, 3.63) is 48.0 Å². The molecule has 0 spiro atoms. The molecule has 0 amide bonds. The normalized spacial score (nSPS) is 15.1. The number of rotatable bonds is 5. The van der Waals surface area contributed by atoms with Crippen LogP contribution in [0.1, 0.15) is 24.2 Å². The van der Waals surface area contributed by atoms with Crippen LogP contribution in [0.4, 0.5) is 0 Å². The van der Waals surface area contributed by atoms with Crippen LogP contribution in [0.5, 0.6) is 0 Å². The van der Waals surface area contributed by atoms with Crippen LogP contribution in [-0.4, -0.2) is 20.8 Å². The number of aromatic nitrogens is 3. The van der Waals surface area contributed by atoms with Crippen molar-refractivity contribution in [2.24, 2.45) is 0 Å². The second-order valence-corrected chi connectivity index (χ2v) is 4.47. The molecular weight excluding hydrogens is 212 g/mol. The third-order valence-electron chi connectivity index (χ3n) is 3.00. The van der Waals surface area contributed by atoms with Gasteiger partial charge in [-0.2, -0.15) is 5.10 Å². The minimum atomic E-state index is 0.705. The molecule has 1 aliphatic carbocycles. The summed E-state index contributed by atoms with van der Waals surface area (Å²) in [5, 5.41) is 7.74. The summed E-state index contributed by atoms with van der Waals surface area (Å²) >= 11 is 0. The Hall–Kier alpha value is -1.68. The van der Waals surface area contributed by atoms with Crippen LogP contribution in [0.2, 0.25) is 0 Å². The third kappa shape index (κ3) is 2.71. The van der Waals surface area contributed by atoms with Gasteiger partial charge in [0.15, 0.2) is 0 Å². The van der Waals surface area contributed by atoms with Crippen LogP contribution < -0.4 is 5.32 Å². The largest absolute Gasteiger partial charge is 0.307 e. The van der Waals surface area contributed by atoms with Gasteiger partial charge in [-0.15, -0.1) is 0 Å². The molecule has 1 N–H and O–H groups in total. The molecule has 4 heteroatoms. The maximum absolute atomic E-state index is 4.30. The third-order valence-corrected chi connectivity index (χ3v) is 3.00. The Bertz CT molecular complexity index is 473. The van der Waals surface area contributed by atoms with E-state index in [0.29, 0.717) is 6.04 Å². The average molecular weight is 228 g/mol. The standard InChI is InChI=1S/C13H16N4/c1-2-4-11(5-3-1)9-17-13(15-10-16-17)8-14-12-6-7-12/h1-5,10,12,14H,6-9H2. The average Bonchev–Trinajstić information content (AvgIpc) is 3.09. The van der Waals surface area contributed by atoms with Crippen molar-refractivity contribution in [2.45, 2.75) is 32.0 Å². The Kier molecular flexibility index (Phi) is 2.88. The summed E-state index contributed by atoms with van der Waals surface area (Å²) in [5.74, 6) is 1.01. The van der Waals surface area contributed by atoms with E-state index in [1.807, 2.05) is 22.9 Å². The summed E-state index contributed by atoms with van der Waals surface area (Å²) in [7, 11) is 0. The van der Waals surface area contributed by atoms with Crippen molar-refractivity contribution in [3.63, 3.8) is 0 Å². The zero-order valence-electron chi connectivity index (χ0n) is 9.71. The van der Waals surface area contributed by atoms with E-state index in [9.17, 15) is 0 Å². The van der Waals surface area contributed by atoms with Gasteiger partial charge in [0.05, 0.1) is 13.1 Å². The molecule has 0 aliphatic heterocycles. The van der Waals surface area contributed by atoms with Gasteiger partial charge in [-0.05, 0) is 18.4 Å². The van der Waals surface area contributed by atoms with E-state index in [1.165, 1.54) is 18.4 Å². The Morgan fingerprint density at radius 3 is 2.82 bits per heavy atom. The van der Waals surface area contributed by atoms with Crippen LogP contribution in [0.3, 0.4) is 0 Å². The zero-order chi connectivity index (χ0) is 11.5. The van der Waals surface area contributed by atoms with Gasteiger partial charge in [0.1, 0.15) is 12.2 Å². The van der Waals surface area contributed by atoms with Crippen molar-refractivity contribution in [1.82, 2.24) is 20.1 Å². The van der Waals surface area contributed by atoms with Gasteiger partial charge in [0.25, 0.3) is 0 Å². The lowest BCUT2D eigenvalue weighted by Gasteiger charge is -2.06. The van der Waals surface area contributed by atoms with E-state index < -0.39 is 0 Å². The first-order valence-corrected chi connectivity index (χ1v) is 6.06. The molecule has 3 rings (SSSR count). The Morgan fingerprint density at radius 2 is 2.06 bits per heavy atom. The fourth-order valence-corrected chi connectivity index (χ4v) is 1.84. The highest BCUT2D eigenvalue weighted by atomic mass is 15.3. The van der Waals surface area contributed by atoms with E-state index in [0.717, 1.165) is 18.9 Å². The van der Waals surface area contributed by atoms with Gasteiger partial charge in [0.2, 0.25) is 0 Å². The quantitative estimate of drug-likeness (QED) is 0.845. The predicted molar refractivity (Wildman–Crippen MR) is 65.4 cm³/mol. The number of hydrogen-bond acceptors (Lipinski definition) is 3. The van der Waals surface area contributed by atoms with E-state index in [4.69, 9.17) is 0 Å². The second-order valence-electron chi connectivity index (χ2n) is 4.47. The number of benzene rings is 1. The predicted octanol–water partition coefficient (Wildman–Crippen LogP) is 1.58. The van der Waals surface area contributed by atoms with Gasteiger partial charge >= 0.3 is 0 Å². The first-order valence-electron chi connectivity index (χ1n) is 6.06. The van der Waals surface area contributed by atoms with Crippen LogP contribution >= 0.6 is 0 Å². The lowest BCUT2D eigenvalue weighted by Crippen LogP contribution is -2.19. The molecule has 1 saturated carbocycles. The molecule has 0 bridgehead atoms. The molecule has 0 atom stereocenters. The fraction of sp³-hybridized carbons (Fsp3) is 0.385. The Labute approximate surface area is 101 Å². The first kappa shape index (κ1) is 10.5. The van der Waals surface area contributed by atoms with Crippen molar-refractivity contribution in [2.75, 3.05) is 0 Å². The molecular formula is C13H16N4. The van der Waals surface area contributed by atoms with Crippen LogP contribution in [-0.2, 0) is 13.1 Å². The second kappa shape index (κ2) is 4.67. The van der Waals surface area contributed by atoms with Gasteiger partial charge in [-0.1, -0.05) is 30.3 Å². The lowest BCUT2D eigenvalue weighted by molar-refractivity contribution is 0.583. The van der Waals surface area contributed by atoms with Gasteiger partial charge in [0, 0.05) is 6.04 Å². The molecule has 1 aromatic heterocycles. The zero-order valence-corrected chi connectivity index (χ0v) is 9.71. The summed E-state index contributed by atoms with van der Waals surface area (Å²) in [6.07, 6.45) is 4.23. The molecule has 1 fully saturated rings. The van der Waals surface area contributed by atoms with Gasteiger partial charge < -0.3 is 5.32 Å². The highest BCUT2D eigenvalue weighted by Gasteiger charge is 2.20. The van der Waals surface area contributed by atoms with E-state index in [1.54, 1.807) is 6.33 Å². The monoisotopic (exact) mass is 228 g/mol. The highest BCUT2D eigenvalue weighted by molar-refractivity contribution is 5.15. The Balaban J connectivity index is 1.67. The molecule has 0 saturated heterocycles. The van der Waals surface area contributed by atoms with Crippen LogP contribution in [0, 0.1) is 0 Å². The summed E-state index contributed by atoms with van der Waals surface area (Å²) < 4.78 is 1.96. The summed E-state index contributed by atoms with van der Waals surface area (Å²) in [5.41, 5.74) is 1.26. The molecule has 0 radical (unpaired) electrons. The maximum Gasteiger partial charge on any atom is 0.141 e. The smallest absolute Gasteiger partial charge is 0.141 e. The van der Waals surface area contributed by atoms with Gasteiger partial charge in [-0.3, -0.25) is 0 Å². The minimum Gasteiger partial charge on any atom is -0.307 e. The van der Waals surface area contributed by atoms with Crippen molar-refractivity contribution >= 4 is 0 Å². The van der Waals surface area contributed by atoms with Crippen molar-refractivity contribution < 1.29 is 0 Å². The number of hydrogen-bond donors (Lipinski definition) is 1. The maximum atomic E-state index is 4.30. The van der Waals surface area contributed by atoms with Crippen molar-refractivity contribution in [3.8, 4) is 0 Å². The molecule has 1 aromatic carbocycles. The topological polar surface area (TPSA) is 42.7 Å². The summed E-state index contributed by atoms with van der Waals surface area (Å²) in [4.78, 5) is 4.30. The highest BCUT2D eigenvalue weighted by Crippen LogP contribution is 2.19. The SMILES string of the molecule is c1ccc(Cn2ncnc2CNC2CC2)cc1. The number of nitrogens with one attached hydrogen (secondary N) is 1. The lowest BCUT2D eigenvalue weighted by atomic mass is 10.2. The van der Waals surface area contributed by atoms with E-state index in [-0.39, 0.29) is 0 Å². The van der Waals surface area contributed by atoms with Gasteiger partial charge in [-0.25, -0.2) is 9.67 Å². The number of nitrogens with zero attached hydrogens (tertiary/aromatic N) is 3. The summed E-state index contributed by atoms with van der Waals surface area (Å²) in [6, 6.07) is 11.1. The fourth-order valence-electron chi connectivity index (χ4n) is 1.84. The molecule has 1 aliphatic rings. The molecule has 4 nitrogen and oxygen atoms in total. The Morgan fingerprint density at radius 1 is 1.24 bits per heavy atom. The van der Waals surface area contributed by atoms with Crippen LogP contribution in [0.25, 0.3) is 0 Å². The molecule has 2 aromatic rings. The molecule has 88 valence electrons.